The lowest BCUT2D eigenvalue weighted by molar-refractivity contribution is -0.297. The molecule has 39 heavy (non-hydrogen) atoms. The van der Waals surface area contributed by atoms with E-state index < -0.39 is 75.7 Å². The van der Waals surface area contributed by atoms with Crippen molar-refractivity contribution in [3.63, 3.8) is 0 Å². The maximum absolute atomic E-state index is 13.4. The number of hydrogen-bond donors (Lipinski definition) is 1. The topological polar surface area (TPSA) is 125 Å². The monoisotopic (exact) mass is 544 g/mol. The fraction of sp³-hybridized carbons (Fsp3) is 0.767. The zero-order valence-corrected chi connectivity index (χ0v) is 23.8. The molecule has 0 bridgehead atoms. The summed E-state index contributed by atoms with van der Waals surface area (Å²) in [6, 6.07) is 1.82. The second kappa shape index (κ2) is 8.09. The van der Waals surface area contributed by atoms with Crippen LogP contribution in [0.15, 0.2) is 23.0 Å². The molecule has 5 fully saturated rings. The number of cyclic esters (lactones) is 1. The number of carbonyl (C=O) groups is 3. The number of aliphatic hydroxyl groups excluding tert-OH is 1. The van der Waals surface area contributed by atoms with Gasteiger partial charge in [0.2, 0.25) is 0 Å². The van der Waals surface area contributed by atoms with Crippen molar-refractivity contribution in [3.05, 3.63) is 24.2 Å². The van der Waals surface area contributed by atoms with Crippen LogP contribution in [0.3, 0.4) is 0 Å². The lowest BCUT2D eigenvalue weighted by Crippen LogP contribution is -2.75. The Morgan fingerprint density at radius 1 is 0.974 bits per heavy atom. The second-order valence-electron chi connectivity index (χ2n) is 13.8. The van der Waals surface area contributed by atoms with Crippen LogP contribution in [0.25, 0.3) is 0 Å². The number of carbonyl (C=O) groups excluding carboxylic acids is 3. The molecule has 1 spiro atoms. The van der Waals surface area contributed by atoms with Gasteiger partial charge in [0.25, 0.3) is 0 Å². The van der Waals surface area contributed by atoms with Gasteiger partial charge in [-0.15, -0.1) is 0 Å². The zero-order valence-electron chi connectivity index (χ0n) is 23.8. The molecule has 3 heterocycles. The Kier molecular flexibility index (Phi) is 5.56. The van der Waals surface area contributed by atoms with Gasteiger partial charge in [0.15, 0.2) is 6.10 Å². The number of furan rings is 1. The molecule has 11 atom stereocenters. The molecule has 0 amide bonds. The molecule has 6 rings (SSSR count). The van der Waals surface area contributed by atoms with Gasteiger partial charge in [0, 0.05) is 42.1 Å². The summed E-state index contributed by atoms with van der Waals surface area (Å²) < 4.78 is 30.1. The molecule has 0 aromatic carbocycles. The number of hydrogen-bond acceptors (Lipinski definition) is 9. The molecule has 9 nitrogen and oxygen atoms in total. The molecular formula is C30H40O9. The van der Waals surface area contributed by atoms with Gasteiger partial charge < -0.3 is 28.5 Å². The fourth-order valence-corrected chi connectivity index (χ4v) is 10.2. The Morgan fingerprint density at radius 3 is 2.26 bits per heavy atom. The van der Waals surface area contributed by atoms with Gasteiger partial charge >= 0.3 is 17.9 Å². The lowest BCUT2D eigenvalue weighted by Gasteiger charge is -2.71. The van der Waals surface area contributed by atoms with Crippen LogP contribution in [0.5, 0.6) is 0 Å². The average Bonchev–Trinajstić information content (AvgIpc) is 3.41. The number of fused-ring (bicyclic) bond motifs is 3. The van der Waals surface area contributed by atoms with Crippen molar-refractivity contribution < 1.29 is 42.9 Å². The molecule has 3 saturated carbocycles. The normalized spacial score (nSPS) is 49.3. The van der Waals surface area contributed by atoms with Crippen molar-refractivity contribution in [2.45, 2.75) is 110 Å². The van der Waals surface area contributed by atoms with Crippen molar-refractivity contribution in [3.8, 4) is 0 Å². The van der Waals surface area contributed by atoms with Crippen LogP contribution in [0.1, 0.15) is 85.8 Å². The molecular weight excluding hydrogens is 504 g/mol. The third-order valence-corrected chi connectivity index (χ3v) is 11.9. The summed E-state index contributed by atoms with van der Waals surface area (Å²) in [7, 11) is 0. The Balaban J connectivity index is 1.55. The van der Waals surface area contributed by atoms with Crippen molar-refractivity contribution in [1.82, 2.24) is 0 Å². The predicted molar refractivity (Wildman–Crippen MR) is 136 cm³/mol. The van der Waals surface area contributed by atoms with Crippen LogP contribution in [-0.4, -0.2) is 53.0 Å². The van der Waals surface area contributed by atoms with Gasteiger partial charge in [0.05, 0.1) is 18.6 Å². The highest BCUT2D eigenvalue weighted by atomic mass is 16.7. The van der Waals surface area contributed by atoms with Crippen molar-refractivity contribution in [1.29, 1.82) is 0 Å². The first kappa shape index (κ1) is 26.8. The minimum absolute atomic E-state index is 0.126. The molecule has 2 saturated heterocycles. The van der Waals surface area contributed by atoms with Crippen molar-refractivity contribution in [2.75, 3.05) is 0 Å². The van der Waals surface area contributed by atoms with E-state index in [2.05, 4.69) is 20.8 Å². The highest BCUT2D eigenvalue weighted by Gasteiger charge is 2.89. The van der Waals surface area contributed by atoms with E-state index in [1.807, 2.05) is 19.9 Å². The van der Waals surface area contributed by atoms with E-state index in [0.29, 0.717) is 25.7 Å². The quantitative estimate of drug-likeness (QED) is 0.340. The number of ether oxygens (including phenoxy) is 4. The van der Waals surface area contributed by atoms with E-state index in [4.69, 9.17) is 23.4 Å². The molecule has 5 aliphatic rings. The summed E-state index contributed by atoms with van der Waals surface area (Å²) in [5.74, 6) is -1.49. The van der Waals surface area contributed by atoms with E-state index in [9.17, 15) is 19.5 Å². The molecule has 1 aromatic rings. The predicted octanol–water partition coefficient (Wildman–Crippen LogP) is 4.12. The number of epoxide rings is 1. The van der Waals surface area contributed by atoms with Gasteiger partial charge in [-0.1, -0.05) is 34.6 Å². The van der Waals surface area contributed by atoms with Gasteiger partial charge in [-0.3, -0.25) is 9.59 Å². The molecule has 214 valence electrons. The maximum atomic E-state index is 13.4. The summed E-state index contributed by atoms with van der Waals surface area (Å²) in [5, 5.41) is 11.3. The first-order valence-corrected chi connectivity index (χ1v) is 14.1. The molecule has 3 aliphatic carbocycles. The SMILES string of the molecule is CC(=O)O[C@H]1C[C@@H](O)C(C)(C)C2C[C@@H](OC(C)=O)[C@]3(C)C(CC[C@@]4(C)[C@H](c5ccoc5)OC(=O)[C@H]5O[C@]543)[C@]21C. The standard InChI is InChI=1S/C30H40O9/c1-15(31)36-21-13-20(33)26(3,4)19-12-22(37-16(2)32)29(7)18(28(19,21)6)8-10-27(5)23(17-9-11-35-14-17)38-25(34)24-30(27,29)39-24/h9,11,14,18-24,33H,8,10,12-13H2,1-7H3/t18?,19?,20-,21+,22-,23+,24-,27+,28-,29+,30-/m1/s1. The van der Waals surface area contributed by atoms with Gasteiger partial charge in [0.1, 0.15) is 23.9 Å². The summed E-state index contributed by atoms with van der Waals surface area (Å²) in [6.45, 7) is 13.3. The molecule has 2 aliphatic heterocycles. The van der Waals surface area contributed by atoms with E-state index in [1.54, 1.807) is 12.5 Å². The minimum atomic E-state index is -0.963. The highest BCUT2D eigenvalue weighted by Crippen LogP contribution is 2.80. The largest absolute Gasteiger partial charge is 0.472 e. The van der Waals surface area contributed by atoms with Crippen LogP contribution >= 0.6 is 0 Å². The Hall–Kier alpha value is -2.39. The second-order valence-corrected chi connectivity index (χ2v) is 13.8. The Labute approximate surface area is 228 Å². The maximum Gasteiger partial charge on any atom is 0.339 e. The number of esters is 3. The van der Waals surface area contributed by atoms with Crippen molar-refractivity contribution >= 4 is 17.9 Å². The number of rotatable bonds is 3. The van der Waals surface area contributed by atoms with Crippen LogP contribution in [0.4, 0.5) is 0 Å². The summed E-state index contributed by atoms with van der Waals surface area (Å²) in [6.07, 6.45) is 2.14. The Morgan fingerprint density at radius 2 is 1.64 bits per heavy atom. The van der Waals surface area contributed by atoms with Crippen LogP contribution in [-0.2, 0) is 33.3 Å². The lowest BCUT2D eigenvalue weighted by atomic mass is 9.34. The average molecular weight is 545 g/mol. The van der Waals surface area contributed by atoms with Gasteiger partial charge in [-0.05, 0) is 42.6 Å². The van der Waals surface area contributed by atoms with E-state index in [1.165, 1.54) is 13.8 Å². The summed E-state index contributed by atoms with van der Waals surface area (Å²) >= 11 is 0. The van der Waals surface area contributed by atoms with E-state index in [0.717, 1.165) is 5.56 Å². The molecule has 1 aromatic heterocycles. The van der Waals surface area contributed by atoms with Gasteiger partial charge in [-0.25, -0.2) is 4.79 Å². The third-order valence-electron chi connectivity index (χ3n) is 11.9. The van der Waals surface area contributed by atoms with E-state index >= 15 is 0 Å². The summed E-state index contributed by atoms with van der Waals surface area (Å²) in [4.78, 5) is 38.3. The highest BCUT2D eigenvalue weighted by molar-refractivity contribution is 5.82. The fourth-order valence-electron chi connectivity index (χ4n) is 10.2. The number of aliphatic hydroxyl groups is 1. The van der Waals surface area contributed by atoms with Crippen LogP contribution < -0.4 is 0 Å². The van der Waals surface area contributed by atoms with Crippen molar-refractivity contribution in [2.24, 2.45) is 33.5 Å². The van der Waals surface area contributed by atoms with E-state index in [-0.39, 0.29) is 11.8 Å². The zero-order chi connectivity index (χ0) is 28.3. The summed E-state index contributed by atoms with van der Waals surface area (Å²) in [5.41, 5.74) is -2.72. The smallest absolute Gasteiger partial charge is 0.339 e. The minimum Gasteiger partial charge on any atom is -0.472 e. The first-order chi connectivity index (χ1) is 18.2. The third kappa shape index (κ3) is 3.12. The Bertz CT molecular complexity index is 1210. The van der Waals surface area contributed by atoms with Crippen LogP contribution in [0, 0.1) is 33.5 Å². The van der Waals surface area contributed by atoms with Gasteiger partial charge in [-0.2, -0.15) is 0 Å². The van der Waals surface area contributed by atoms with Crippen LogP contribution in [0.2, 0.25) is 0 Å². The first-order valence-electron chi connectivity index (χ1n) is 14.1. The molecule has 9 heteroatoms. The molecule has 1 N–H and O–H groups in total. The molecule has 2 unspecified atom stereocenters. The molecule has 0 radical (unpaired) electrons.